The highest BCUT2D eigenvalue weighted by Gasteiger charge is 2.03. The monoisotopic (exact) mass is 245 g/mol. The third kappa shape index (κ3) is 2.90. The van der Waals surface area contributed by atoms with Gasteiger partial charge in [0.25, 0.3) is 0 Å². The van der Waals surface area contributed by atoms with E-state index >= 15 is 0 Å². The molecule has 0 amide bonds. The van der Waals surface area contributed by atoms with Crippen molar-refractivity contribution in [2.75, 3.05) is 24.2 Å². The number of rotatable bonds is 5. The van der Waals surface area contributed by atoms with Crippen LogP contribution in [0.25, 0.3) is 10.8 Å². The van der Waals surface area contributed by atoms with Crippen molar-refractivity contribution in [3.63, 3.8) is 0 Å². The maximum Gasteiger partial charge on any atom is 0.0642 e. The van der Waals surface area contributed by atoms with E-state index in [4.69, 9.17) is 10.5 Å². The third-order valence-corrected chi connectivity index (χ3v) is 2.73. The van der Waals surface area contributed by atoms with Crippen molar-refractivity contribution in [2.24, 2.45) is 0 Å². The van der Waals surface area contributed by atoms with E-state index in [-0.39, 0.29) is 6.10 Å². The fraction of sp³-hybridized carbons (Fsp3) is 0.357. The summed E-state index contributed by atoms with van der Waals surface area (Å²) in [6, 6.07) is 5.93. The van der Waals surface area contributed by atoms with Crippen molar-refractivity contribution >= 4 is 22.1 Å². The van der Waals surface area contributed by atoms with Gasteiger partial charge in [-0.25, -0.2) is 0 Å². The van der Waals surface area contributed by atoms with E-state index in [1.807, 2.05) is 38.2 Å². The van der Waals surface area contributed by atoms with E-state index in [1.165, 1.54) is 0 Å². The summed E-state index contributed by atoms with van der Waals surface area (Å²) in [4.78, 5) is 4.08. The molecule has 0 atom stereocenters. The summed E-state index contributed by atoms with van der Waals surface area (Å²) in [5.41, 5.74) is 7.84. The third-order valence-electron chi connectivity index (χ3n) is 2.73. The molecule has 0 fully saturated rings. The molecule has 2 rings (SSSR count). The Labute approximate surface area is 107 Å². The SMILES string of the molecule is CC(C)OCCNc1ccc2cnccc2c1N. The fourth-order valence-corrected chi connectivity index (χ4v) is 1.83. The van der Waals surface area contributed by atoms with Crippen molar-refractivity contribution in [2.45, 2.75) is 20.0 Å². The lowest BCUT2D eigenvalue weighted by atomic mass is 10.1. The van der Waals surface area contributed by atoms with E-state index in [0.29, 0.717) is 6.61 Å². The number of fused-ring (bicyclic) bond motifs is 1. The number of benzene rings is 1. The normalized spacial score (nSPS) is 11.1. The van der Waals surface area contributed by atoms with Gasteiger partial charge in [-0.15, -0.1) is 0 Å². The summed E-state index contributed by atoms with van der Waals surface area (Å²) in [7, 11) is 0. The first-order chi connectivity index (χ1) is 8.68. The standard InChI is InChI=1S/C14H19N3O/c1-10(2)18-8-7-17-13-4-3-11-9-16-6-5-12(11)14(13)15/h3-6,9-10,17H,7-8,15H2,1-2H3. The minimum absolute atomic E-state index is 0.256. The molecule has 0 aliphatic carbocycles. The molecule has 96 valence electrons. The van der Waals surface area contributed by atoms with Crippen molar-refractivity contribution in [3.8, 4) is 0 Å². The average Bonchev–Trinajstić information content (AvgIpc) is 2.37. The summed E-state index contributed by atoms with van der Waals surface area (Å²) >= 11 is 0. The summed E-state index contributed by atoms with van der Waals surface area (Å²) in [6.07, 6.45) is 3.83. The largest absolute Gasteiger partial charge is 0.397 e. The fourth-order valence-electron chi connectivity index (χ4n) is 1.83. The number of pyridine rings is 1. The van der Waals surface area contributed by atoms with Crippen LogP contribution in [0.1, 0.15) is 13.8 Å². The molecule has 1 aromatic carbocycles. The van der Waals surface area contributed by atoms with Gasteiger partial charge in [0.1, 0.15) is 0 Å². The molecule has 1 heterocycles. The molecule has 0 unspecified atom stereocenters. The second-order valence-electron chi connectivity index (χ2n) is 4.47. The molecule has 4 heteroatoms. The van der Waals surface area contributed by atoms with E-state index in [0.717, 1.165) is 28.7 Å². The second kappa shape index (κ2) is 5.69. The predicted octanol–water partition coefficient (Wildman–Crippen LogP) is 2.65. The number of anilines is 2. The number of aromatic nitrogens is 1. The van der Waals surface area contributed by atoms with E-state index in [1.54, 1.807) is 6.20 Å². The topological polar surface area (TPSA) is 60.2 Å². The van der Waals surface area contributed by atoms with Crippen molar-refractivity contribution in [3.05, 3.63) is 30.6 Å². The van der Waals surface area contributed by atoms with Crippen molar-refractivity contribution in [1.82, 2.24) is 4.98 Å². The van der Waals surface area contributed by atoms with Gasteiger partial charge < -0.3 is 15.8 Å². The van der Waals surface area contributed by atoms with Crippen LogP contribution in [0.4, 0.5) is 11.4 Å². The van der Waals surface area contributed by atoms with Gasteiger partial charge in [0.15, 0.2) is 0 Å². The first-order valence-corrected chi connectivity index (χ1v) is 6.16. The minimum atomic E-state index is 0.256. The summed E-state index contributed by atoms with van der Waals surface area (Å²) in [5.74, 6) is 0. The van der Waals surface area contributed by atoms with Crippen LogP contribution in [0.2, 0.25) is 0 Å². The number of nitrogens with two attached hydrogens (primary N) is 1. The molecule has 0 saturated carbocycles. The number of nitrogen functional groups attached to an aromatic ring is 1. The lowest BCUT2D eigenvalue weighted by Crippen LogP contribution is -2.14. The van der Waals surface area contributed by atoms with E-state index in [9.17, 15) is 0 Å². The number of nitrogens with one attached hydrogen (secondary N) is 1. The highest BCUT2D eigenvalue weighted by atomic mass is 16.5. The molecule has 2 aromatic rings. The molecule has 0 aliphatic heterocycles. The van der Waals surface area contributed by atoms with Gasteiger partial charge in [0, 0.05) is 29.7 Å². The molecule has 4 nitrogen and oxygen atoms in total. The quantitative estimate of drug-likeness (QED) is 0.628. The number of hydrogen-bond acceptors (Lipinski definition) is 4. The zero-order valence-electron chi connectivity index (χ0n) is 10.8. The number of nitrogens with zero attached hydrogens (tertiary/aromatic N) is 1. The van der Waals surface area contributed by atoms with Crippen LogP contribution < -0.4 is 11.1 Å². The minimum Gasteiger partial charge on any atom is -0.397 e. The van der Waals surface area contributed by atoms with Crippen LogP contribution in [-0.4, -0.2) is 24.2 Å². The maximum atomic E-state index is 6.13. The van der Waals surface area contributed by atoms with Gasteiger partial charge >= 0.3 is 0 Å². The Kier molecular flexibility index (Phi) is 3.99. The Hall–Kier alpha value is -1.81. The highest BCUT2D eigenvalue weighted by molar-refractivity contribution is 5.98. The maximum absolute atomic E-state index is 6.13. The average molecular weight is 245 g/mol. The first kappa shape index (κ1) is 12.6. The summed E-state index contributed by atoms with van der Waals surface area (Å²) in [5, 5.41) is 5.37. The van der Waals surface area contributed by atoms with Gasteiger partial charge in [0.05, 0.1) is 24.1 Å². The molecule has 0 saturated heterocycles. The Morgan fingerprint density at radius 3 is 2.94 bits per heavy atom. The van der Waals surface area contributed by atoms with E-state index in [2.05, 4.69) is 10.3 Å². The van der Waals surface area contributed by atoms with Crippen LogP contribution >= 0.6 is 0 Å². The Morgan fingerprint density at radius 2 is 2.17 bits per heavy atom. The summed E-state index contributed by atoms with van der Waals surface area (Å²) < 4.78 is 5.48. The van der Waals surface area contributed by atoms with Gasteiger partial charge in [-0.1, -0.05) is 6.07 Å². The number of hydrogen-bond donors (Lipinski definition) is 2. The van der Waals surface area contributed by atoms with Gasteiger partial charge in [-0.05, 0) is 26.0 Å². The highest BCUT2D eigenvalue weighted by Crippen LogP contribution is 2.27. The Morgan fingerprint density at radius 1 is 1.33 bits per heavy atom. The first-order valence-electron chi connectivity index (χ1n) is 6.16. The smallest absolute Gasteiger partial charge is 0.0642 e. The predicted molar refractivity (Wildman–Crippen MR) is 75.7 cm³/mol. The lowest BCUT2D eigenvalue weighted by molar-refractivity contribution is 0.0871. The van der Waals surface area contributed by atoms with Gasteiger partial charge in [0.2, 0.25) is 0 Å². The van der Waals surface area contributed by atoms with E-state index < -0.39 is 0 Å². The Bertz CT molecular complexity index is 525. The van der Waals surface area contributed by atoms with Crippen molar-refractivity contribution in [1.29, 1.82) is 0 Å². The van der Waals surface area contributed by atoms with Gasteiger partial charge in [-0.2, -0.15) is 0 Å². The lowest BCUT2D eigenvalue weighted by Gasteiger charge is -2.12. The molecular weight excluding hydrogens is 226 g/mol. The van der Waals surface area contributed by atoms with Crippen LogP contribution in [0, 0.1) is 0 Å². The zero-order chi connectivity index (χ0) is 13.0. The Balaban J connectivity index is 2.07. The molecule has 18 heavy (non-hydrogen) atoms. The molecule has 1 aromatic heterocycles. The van der Waals surface area contributed by atoms with Crippen molar-refractivity contribution < 1.29 is 4.74 Å². The summed E-state index contributed by atoms with van der Waals surface area (Å²) in [6.45, 7) is 5.47. The van der Waals surface area contributed by atoms with Crippen LogP contribution in [0.15, 0.2) is 30.6 Å². The second-order valence-corrected chi connectivity index (χ2v) is 4.47. The molecule has 0 spiro atoms. The van der Waals surface area contributed by atoms with Crippen LogP contribution in [0.5, 0.6) is 0 Å². The van der Waals surface area contributed by atoms with Gasteiger partial charge in [-0.3, -0.25) is 4.98 Å². The van der Waals surface area contributed by atoms with Crippen LogP contribution in [0.3, 0.4) is 0 Å². The molecule has 3 N–H and O–H groups in total. The molecule has 0 aliphatic rings. The molecule has 0 bridgehead atoms. The molecule has 0 radical (unpaired) electrons. The van der Waals surface area contributed by atoms with Crippen LogP contribution in [-0.2, 0) is 4.74 Å². The zero-order valence-corrected chi connectivity index (χ0v) is 10.8. The number of ether oxygens (including phenoxy) is 1. The molecular formula is C14H19N3O.